The number of carbonyl (C=O) groups excluding carboxylic acids is 2. The van der Waals surface area contributed by atoms with Crippen molar-refractivity contribution in [3.8, 4) is 0 Å². The van der Waals surface area contributed by atoms with Gasteiger partial charge in [0, 0.05) is 6.61 Å². The van der Waals surface area contributed by atoms with Gasteiger partial charge in [-0.3, -0.25) is 9.59 Å². The van der Waals surface area contributed by atoms with E-state index in [2.05, 4.69) is 6.92 Å². The van der Waals surface area contributed by atoms with Gasteiger partial charge in [-0.2, -0.15) is 0 Å². The summed E-state index contributed by atoms with van der Waals surface area (Å²) in [6, 6.07) is 0. The lowest BCUT2D eigenvalue weighted by Crippen LogP contribution is -2.53. The number of aliphatic hydroxyl groups excluding tert-OH is 3. The second kappa shape index (κ2) is 19.5. The summed E-state index contributed by atoms with van der Waals surface area (Å²) in [4.78, 5) is 22.4. The zero-order chi connectivity index (χ0) is 23.5. The fourth-order valence-corrected chi connectivity index (χ4v) is 3.57. The van der Waals surface area contributed by atoms with Gasteiger partial charge < -0.3 is 31.5 Å². The van der Waals surface area contributed by atoms with Crippen LogP contribution in [-0.2, 0) is 14.3 Å². The summed E-state index contributed by atoms with van der Waals surface area (Å²) in [6.07, 6.45) is 11.1. The Morgan fingerprint density at radius 3 is 1.39 bits per heavy atom. The van der Waals surface area contributed by atoms with Crippen LogP contribution < -0.4 is 11.5 Å². The van der Waals surface area contributed by atoms with Crippen LogP contribution in [0.5, 0.6) is 0 Å². The topological polar surface area (TPSA) is 156 Å². The zero-order valence-corrected chi connectivity index (χ0v) is 19.3. The van der Waals surface area contributed by atoms with Crippen molar-refractivity contribution in [1.29, 1.82) is 0 Å². The minimum atomic E-state index is -2.01. The highest BCUT2D eigenvalue weighted by Gasteiger charge is 2.37. The van der Waals surface area contributed by atoms with E-state index >= 15 is 0 Å². The van der Waals surface area contributed by atoms with Crippen molar-refractivity contribution < 1.29 is 29.6 Å². The maximum Gasteiger partial charge on any atom is 0.249 e. The molecule has 0 aromatic heterocycles. The number of hydrogen-bond acceptors (Lipinski definition) is 6. The van der Waals surface area contributed by atoms with Crippen LogP contribution in [0, 0.1) is 0 Å². The van der Waals surface area contributed by atoms with Gasteiger partial charge in [-0.25, -0.2) is 0 Å². The van der Waals surface area contributed by atoms with E-state index in [1.807, 2.05) is 0 Å². The third-order valence-corrected chi connectivity index (χ3v) is 5.60. The molecule has 4 atom stereocenters. The van der Waals surface area contributed by atoms with E-state index in [1.165, 1.54) is 70.6 Å². The number of rotatable bonds is 22. The van der Waals surface area contributed by atoms with Gasteiger partial charge in [0.1, 0.15) is 12.2 Å². The van der Waals surface area contributed by atoms with E-state index in [4.69, 9.17) is 16.2 Å². The molecule has 2 amide bonds. The van der Waals surface area contributed by atoms with Crippen molar-refractivity contribution in [2.45, 2.75) is 128 Å². The molecule has 184 valence electrons. The molecule has 8 nitrogen and oxygen atoms in total. The van der Waals surface area contributed by atoms with Crippen LogP contribution in [0.1, 0.15) is 103 Å². The van der Waals surface area contributed by atoms with Gasteiger partial charge in [0.05, 0.1) is 0 Å². The highest BCUT2D eigenvalue weighted by atomic mass is 16.5. The number of ether oxygens (including phenoxy) is 1. The van der Waals surface area contributed by atoms with Crippen molar-refractivity contribution in [2.24, 2.45) is 11.5 Å². The normalized spacial score (nSPS) is 15.4. The van der Waals surface area contributed by atoms with Crippen LogP contribution in [0.4, 0.5) is 0 Å². The molecule has 0 spiro atoms. The molecule has 8 heteroatoms. The Balaban J connectivity index is 3.69. The summed E-state index contributed by atoms with van der Waals surface area (Å²) in [6.45, 7) is 2.43. The summed E-state index contributed by atoms with van der Waals surface area (Å²) < 4.78 is 5.28. The quantitative estimate of drug-likeness (QED) is 0.161. The Hall–Kier alpha value is -1.22. The fourth-order valence-electron chi connectivity index (χ4n) is 3.57. The summed E-state index contributed by atoms with van der Waals surface area (Å²) in [7, 11) is 0. The van der Waals surface area contributed by atoms with E-state index in [1.54, 1.807) is 0 Å². The number of amides is 2. The van der Waals surface area contributed by atoms with Crippen molar-refractivity contribution in [3.63, 3.8) is 0 Å². The molecule has 0 aromatic carbocycles. The Kier molecular flexibility index (Phi) is 18.7. The predicted octanol–water partition coefficient (Wildman–Crippen LogP) is 2.30. The van der Waals surface area contributed by atoms with Gasteiger partial charge >= 0.3 is 0 Å². The van der Waals surface area contributed by atoms with Crippen LogP contribution in [0.2, 0.25) is 0 Å². The van der Waals surface area contributed by atoms with E-state index in [9.17, 15) is 24.9 Å². The first kappa shape index (κ1) is 29.8. The number of aliphatic hydroxyl groups is 3. The minimum Gasteiger partial charge on any atom is -0.387 e. The lowest BCUT2D eigenvalue weighted by Gasteiger charge is -2.26. The van der Waals surface area contributed by atoms with Crippen molar-refractivity contribution in [3.05, 3.63) is 0 Å². The molecule has 0 aromatic rings. The number of hydrogen-bond donors (Lipinski definition) is 5. The number of primary amides is 2. The van der Waals surface area contributed by atoms with Gasteiger partial charge in [0.25, 0.3) is 0 Å². The van der Waals surface area contributed by atoms with Crippen molar-refractivity contribution >= 4 is 11.8 Å². The van der Waals surface area contributed by atoms with E-state index in [0.29, 0.717) is 6.42 Å². The first-order valence-electron chi connectivity index (χ1n) is 12.1. The van der Waals surface area contributed by atoms with Gasteiger partial charge in [0.2, 0.25) is 11.8 Å². The molecular formula is C23H46N2O6. The van der Waals surface area contributed by atoms with Gasteiger partial charge in [-0.15, -0.1) is 0 Å². The molecule has 0 radical (unpaired) electrons. The molecule has 0 fully saturated rings. The Bertz CT molecular complexity index is 463. The molecule has 31 heavy (non-hydrogen) atoms. The molecule has 0 aliphatic heterocycles. The van der Waals surface area contributed by atoms with Gasteiger partial charge in [-0.1, -0.05) is 96.8 Å². The standard InChI is InChI=1S/C23H46N2O6/c1-2-3-4-5-6-7-8-9-10-11-12-13-14-15-16-17-31-21(23(25)30)19(27)18(26)20(28)22(24)29/h18-21,26-28H,2-17H2,1H3,(H2,24,29)(H2,25,30)/t18-,19-,20-,21+/m0/s1. The molecule has 0 saturated heterocycles. The zero-order valence-electron chi connectivity index (χ0n) is 19.3. The Morgan fingerprint density at radius 2 is 1.03 bits per heavy atom. The second-order valence-electron chi connectivity index (χ2n) is 8.47. The summed E-state index contributed by atoms with van der Waals surface area (Å²) in [5.74, 6) is -2.19. The molecule has 0 saturated carbocycles. The van der Waals surface area contributed by atoms with E-state index < -0.39 is 36.2 Å². The monoisotopic (exact) mass is 446 g/mol. The van der Waals surface area contributed by atoms with Crippen LogP contribution >= 0.6 is 0 Å². The first-order valence-corrected chi connectivity index (χ1v) is 12.1. The van der Waals surface area contributed by atoms with Crippen molar-refractivity contribution in [2.75, 3.05) is 6.61 Å². The molecule has 0 rings (SSSR count). The first-order chi connectivity index (χ1) is 14.8. The molecule has 0 aliphatic carbocycles. The Morgan fingerprint density at radius 1 is 0.645 bits per heavy atom. The molecular weight excluding hydrogens is 400 g/mol. The number of unbranched alkanes of at least 4 members (excludes halogenated alkanes) is 14. The van der Waals surface area contributed by atoms with E-state index in [0.717, 1.165) is 19.3 Å². The molecule has 0 unspecified atom stereocenters. The van der Waals surface area contributed by atoms with Crippen LogP contribution in [0.25, 0.3) is 0 Å². The summed E-state index contributed by atoms with van der Waals surface area (Å²) >= 11 is 0. The molecule has 7 N–H and O–H groups in total. The van der Waals surface area contributed by atoms with Crippen LogP contribution in [0.3, 0.4) is 0 Å². The molecule has 0 heterocycles. The highest BCUT2D eigenvalue weighted by Crippen LogP contribution is 2.14. The maximum atomic E-state index is 11.5. The van der Waals surface area contributed by atoms with Crippen molar-refractivity contribution in [1.82, 2.24) is 0 Å². The van der Waals surface area contributed by atoms with Gasteiger partial charge in [-0.05, 0) is 6.42 Å². The maximum absolute atomic E-state index is 11.5. The summed E-state index contributed by atoms with van der Waals surface area (Å²) in [5.41, 5.74) is 10.1. The highest BCUT2D eigenvalue weighted by molar-refractivity contribution is 5.81. The second-order valence-corrected chi connectivity index (χ2v) is 8.47. The average molecular weight is 447 g/mol. The fraction of sp³-hybridized carbons (Fsp3) is 0.913. The predicted molar refractivity (Wildman–Crippen MR) is 121 cm³/mol. The van der Waals surface area contributed by atoms with E-state index in [-0.39, 0.29) is 6.61 Å². The smallest absolute Gasteiger partial charge is 0.249 e. The van der Waals surface area contributed by atoms with Crippen LogP contribution in [0.15, 0.2) is 0 Å². The lowest BCUT2D eigenvalue weighted by atomic mass is 10.0. The van der Waals surface area contributed by atoms with Crippen LogP contribution in [-0.4, -0.2) is 58.2 Å². The average Bonchev–Trinajstić information content (AvgIpc) is 2.74. The number of nitrogens with two attached hydrogens (primary N) is 2. The Labute approximate surface area is 187 Å². The van der Waals surface area contributed by atoms with Gasteiger partial charge in [0.15, 0.2) is 12.2 Å². The third kappa shape index (κ3) is 15.3. The minimum absolute atomic E-state index is 0.183. The lowest BCUT2D eigenvalue weighted by molar-refractivity contribution is -0.158. The third-order valence-electron chi connectivity index (χ3n) is 5.60. The SMILES string of the molecule is CCCCCCCCCCCCCCCCCO[C@@H](C(N)=O)[C@@H](O)[C@H](O)[C@H](O)C(N)=O. The summed E-state index contributed by atoms with van der Waals surface area (Å²) in [5, 5.41) is 29.1. The molecule has 0 bridgehead atoms. The molecule has 0 aliphatic rings. The number of carbonyl (C=O) groups is 2. The largest absolute Gasteiger partial charge is 0.387 e.